The summed E-state index contributed by atoms with van der Waals surface area (Å²) in [6.07, 6.45) is 5.16. The Bertz CT molecular complexity index is 1050. The number of phenolic OH excluding ortho intramolecular Hbond substituents is 1. The zero-order valence-corrected chi connectivity index (χ0v) is 24.7. The number of carbonyl (C=O) groups is 1. The first-order valence-electron chi connectivity index (χ1n) is 15.7. The van der Waals surface area contributed by atoms with Gasteiger partial charge in [0.1, 0.15) is 5.75 Å². The minimum Gasteiger partial charge on any atom is -0.508 e. The first-order chi connectivity index (χ1) is 18.9. The van der Waals surface area contributed by atoms with Crippen molar-refractivity contribution in [1.82, 2.24) is 5.32 Å². The molecule has 13 atom stereocenters. The largest absolute Gasteiger partial charge is 0.508 e. The molecule has 0 bridgehead atoms. The molecule has 1 amide bonds. The second-order valence-electron chi connectivity index (χ2n) is 14.4. The van der Waals surface area contributed by atoms with E-state index in [1.165, 1.54) is 12.1 Å². The fourth-order valence-corrected chi connectivity index (χ4v) is 10.1. The Hall–Kier alpha value is -1.67. The molecule has 4 aliphatic carbocycles. The molecule has 5 rings (SSSR count). The lowest BCUT2D eigenvalue weighted by Crippen LogP contribution is -2.62. The van der Waals surface area contributed by atoms with Crippen molar-refractivity contribution >= 4 is 5.91 Å². The topological polar surface area (TPSA) is 130 Å². The van der Waals surface area contributed by atoms with Gasteiger partial charge in [-0.1, -0.05) is 32.9 Å². The van der Waals surface area contributed by atoms with Crippen LogP contribution in [0.5, 0.6) is 5.75 Å². The number of hydrogen-bond acceptors (Lipinski definition) is 6. The molecule has 0 saturated heterocycles. The van der Waals surface area contributed by atoms with E-state index in [-0.39, 0.29) is 64.3 Å². The van der Waals surface area contributed by atoms with E-state index in [1.807, 2.05) is 0 Å². The van der Waals surface area contributed by atoms with Crippen LogP contribution in [0.1, 0.15) is 97.1 Å². The molecule has 13 unspecified atom stereocenters. The van der Waals surface area contributed by atoms with Crippen LogP contribution in [0.15, 0.2) is 24.3 Å². The van der Waals surface area contributed by atoms with Crippen molar-refractivity contribution in [3.8, 4) is 5.75 Å². The summed E-state index contributed by atoms with van der Waals surface area (Å²) in [5.41, 5.74) is 0.426. The highest BCUT2D eigenvalue weighted by atomic mass is 16.3. The van der Waals surface area contributed by atoms with Crippen LogP contribution in [0.25, 0.3) is 0 Å². The summed E-state index contributed by atoms with van der Waals surface area (Å²) in [6.45, 7) is 8.59. The summed E-state index contributed by atoms with van der Waals surface area (Å²) in [7, 11) is 0. The Morgan fingerprint density at radius 3 is 2.40 bits per heavy atom. The van der Waals surface area contributed by atoms with Gasteiger partial charge in [-0.15, -0.1) is 0 Å². The maximum absolute atomic E-state index is 12.9. The third-order valence-corrected chi connectivity index (χ3v) is 12.4. The standard InChI is InChI=1S/C33H51NO6/c1-18(5-12-29(39)34-19(2)31(40)20-6-8-22(35)9-7-20)24-10-11-25-30-26(17-28(38)33(24,25)4)32(3)14-13-23(36)15-21(32)16-27(30)37/h6-9,18-19,21,23-28,30-31,35-38,40H,5,10-17H2,1-4H3,(H,34,39). The number of benzene rings is 1. The molecule has 1 aromatic rings. The number of aromatic hydroxyl groups is 1. The lowest BCUT2D eigenvalue weighted by atomic mass is 9.43. The molecule has 0 heterocycles. The molecular weight excluding hydrogens is 506 g/mol. The van der Waals surface area contributed by atoms with Crippen LogP contribution >= 0.6 is 0 Å². The summed E-state index contributed by atoms with van der Waals surface area (Å²) in [6, 6.07) is 5.90. The summed E-state index contributed by atoms with van der Waals surface area (Å²) in [5, 5.41) is 56.6. The SMILES string of the molecule is CC(CCC(=O)NC(C)C(O)c1ccc(O)cc1)C1CCC2C3C(O)CC4CC(O)CCC4(C)C3CC(O)C12C. The fraction of sp³-hybridized carbons (Fsp3) is 0.788. The highest BCUT2D eigenvalue weighted by Gasteiger charge is 2.65. The third kappa shape index (κ3) is 5.10. The zero-order chi connectivity index (χ0) is 29.0. The van der Waals surface area contributed by atoms with Crippen molar-refractivity contribution in [3.63, 3.8) is 0 Å². The van der Waals surface area contributed by atoms with Crippen molar-refractivity contribution in [1.29, 1.82) is 0 Å². The van der Waals surface area contributed by atoms with Gasteiger partial charge in [0.25, 0.3) is 0 Å². The van der Waals surface area contributed by atoms with Crippen molar-refractivity contribution in [2.24, 2.45) is 46.3 Å². The van der Waals surface area contributed by atoms with Gasteiger partial charge < -0.3 is 30.8 Å². The normalized spacial score (nSPS) is 43.1. The molecule has 0 radical (unpaired) electrons. The first-order valence-corrected chi connectivity index (χ1v) is 15.7. The van der Waals surface area contributed by atoms with E-state index in [4.69, 9.17) is 0 Å². The number of aliphatic hydroxyl groups excluding tert-OH is 4. The Morgan fingerprint density at radius 1 is 1.00 bits per heavy atom. The molecule has 4 aliphatic rings. The molecule has 0 aromatic heterocycles. The monoisotopic (exact) mass is 557 g/mol. The number of nitrogens with one attached hydrogen (secondary N) is 1. The molecule has 224 valence electrons. The average Bonchev–Trinajstić information content (AvgIpc) is 3.27. The molecule has 4 saturated carbocycles. The van der Waals surface area contributed by atoms with Crippen LogP contribution in [0.2, 0.25) is 0 Å². The minimum absolute atomic E-state index is 0.0641. The van der Waals surface area contributed by atoms with Crippen molar-refractivity contribution in [2.75, 3.05) is 0 Å². The quantitative estimate of drug-likeness (QED) is 0.296. The fourth-order valence-electron chi connectivity index (χ4n) is 10.1. The highest BCUT2D eigenvalue weighted by Crippen LogP contribution is 2.68. The van der Waals surface area contributed by atoms with Crippen LogP contribution in [-0.4, -0.2) is 55.8 Å². The smallest absolute Gasteiger partial charge is 0.220 e. The lowest BCUT2D eigenvalue weighted by molar-refractivity contribution is -0.207. The summed E-state index contributed by atoms with van der Waals surface area (Å²) in [5.74, 6) is 1.62. The Labute approximate surface area is 239 Å². The molecule has 7 heteroatoms. The van der Waals surface area contributed by atoms with Crippen LogP contribution in [0.3, 0.4) is 0 Å². The predicted molar refractivity (Wildman–Crippen MR) is 153 cm³/mol. The molecular formula is C33H51NO6. The summed E-state index contributed by atoms with van der Waals surface area (Å²) >= 11 is 0. The summed E-state index contributed by atoms with van der Waals surface area (Å²) < 4.78 is 0. The van der Waals surface area contributed by atoms with Gasteiger partial charge in [0.2, 0.25) is 5.91 Å². The van der Waals surface area contributed by atoms with Crippen molar-refractivity contribution in [2.45, 2.75) is 116 Å². The maximum atomic E-state index is 12.9. The Balaban J connectivity index is 1.22. The molecule has 1 aromatic carbocycles. The lowest BCUT2D eigenvalue weighted by Gasteiger charge is -2.63. The average molecular weight is 558 g/mol. The number of phenols is 1. The number of carbonyl (C=O) groups excluding carboxylic acids is 1. The zero-order valence-electron chi connectivity index (χ0n) is 24.7. The van der Waals surface area contributed by atoms with Crippen LogP contribution < -0.4 is 5.32 Å². The van der Waals surface area contributed by atoms with E-state index in [9.17, 15) is 30.3 Å². The number of rotatable bonds is 7. The Morgan fingerprint density at radius 2 is 1.70 bits per heavy atom. The predicted octanol–water partition coefficient (Wildman–Crippen LogP) is 4.31. The van der Waals surface area contributed by atoms with Gasteiger partial charge in [0, 0.05) is 6.42 Å². The molecule has 7 nitrogen and oxygen atoms in total. The van der Waals surface area contributed by atoms with Gasteiger partial charge in [0.05, 0.1) is 30.5 Å². The van der Waals surface area contributed by atoms with E-state index in [1.54, 1.807) is 19.1 Å². The van der Waals surface area contributed by atoms with Gasteiger partial charge in [-0.3, -0.25) is 4.79 Å². The van der Waals surface area contributed by atoms with Gasteiger partial charge >= 0.3 is 0 Å². The van der Waals surface area contributed by atoms with E-state index in [0.29, 0.717) is 30.7 Å². The van der Waals surface area contributed by atoms with E-state index in [2.05, 4.69) is 26.1 Å². The van der Waals surface area contributed by atoms with Gasteiger partial charge in [-0.05, 0) is 122 Å². The van der Waals surface area contributed by atoms with Crippen molar-refractivity contribution in [3.05, 3.63) is 29.8 Å². The number of hydrogen-bond donors (Lipinski definition) is 6. The number of fused-ring (bicyclic) bond motifs is 5. The number of aliphatic hydroxyl groups is 4. The van der Waals surface area contributed by atoms with Gasteiger partial charge in [-0.25, -0.2) is 0 Å². The molecule has 0 aliphatic heterocycles. The minimum atomic E-state index is -0.863. The first kappa shape index (κ1) is 29.8. The van der Waals surface area contributed by atoms with Crippen LogP contribution in [0.4, 0.5) is 0 Å². The number of amides is 1. The maximum Gasteiger partial charge on any atom is 0.220 e. The van der Waals surface area contributed by atoms with E-state index < -0.39 is 18.2 Å². The van der Waals surface area contributed by atoms with Crippen molar-refractivity contribution < 1.29 is 30.3 Å². The van der Waals surface area contributed by atoms with Crippen LogP contribution in [-0.2, 0) is 4.79 Å². The van der Waals surface area contributed by atoms with E-state index in [0.717, 1.165) is 38.5 Å². The third-order valence-electron chi connectivity index (χ3n) is 12.4. The second kappa shape index (κ2) is 11.2. The van der Waals surface area contributed by atoms with Gasteiger partial charge in [0.15, 0.2) is 0 Å². The van der Waals surface area contributed by atoms with E-state index >= 15 is 0 Å². The Kier molecular flexibility index (Phi) is 8.35. The molecule has 40 heavy (non-hydrogen) atoms. The molecule has 6 N–H and O–H groups in total. The molecule has 0 spiro atoms. The van der Waals surface area contributed by atoms with Gasteiger partial charge in [-0.2, -0.15) is 0 Å². The highest BCUT2D eigenvalue weighted by molar-refractivity contribution is 5.76. The summed E-state index contributed by atoms with van der Waals surface area (Å²) in [4.78, 5) is 12.9. The molecule has 4 fully saturated rings. The van der Waals surface area contributed by atoms with Crippen LogP contribution in [0, 0.1) is 46.3 Å². The second-order valence-corrected chi connectivity index (χ2v) is 14.4.